The van der Waals surface area contributed by atoms with Crippen molar-refractivity contribution < 1.29 is 27.5 Å². The second kappa shape index (κ2) is 8.29. The van der Waals surface area contributed by atoms with Gasteiger partial charge in [-0.05, 0) is 12.1 Å². The van der Waals surface area contributed by atoms with Crippen LogP contribution in [-0.2, 0) is 9.59 Å². The van der Waals surface area contributed by atoms with E-state index in [-0.39, 0.29) is 29.4 Å². The number of ether oxygens (including phenoxy) is 1. The van der Waals surface area contributed by atoms with Crippen molar-refractivity contribution in [3.05, 3.63) is 18.2 Å². The molecule has 1 aliphatic heterocycles. The third-order valence-corrected chi connectivity index (χ3v) is 4.87. The topological polar surface area (TPSA) is 95.6 Å². The summed E-state index contributed by atoms with van der Waals surface area (Å²) in [5, 5.41) is 8.96. The van der Waals surface area contributed by atoms with Crippen molar-refractivity contribution in [2.24, 2.45) is 0 Å². The lowest BCUT2D eigenvalue weighted by Gasteiger charge is -2.27. The lowest BCUT2D eigenvalue weighted by atomic mass is 10.2. The maximum atomic E-state index is 12.3. The van der Waals surface area contributed by atoms with Crippen LogP contribution in [-0.4, -0.2) is 67.3 Å². The molecule has 3 rings (SSSR count). The smallest absolute Gasteiger partial charge is 0.406 e. The maximum Gasteiger partial charge on any atom is 0.573 e. The number of carbonyl (C=O) groups is 2. The molecule has 2 amide bonds. The average Bonchev–Trinajstić information content (AvgIpc) is 3.01. The first-order valence-corrected chi connectivity index (χ1v) is 9.18. The Kier molecular flexibility index (Phi) is 6.01. The van der Waals surface area contributed by atoms with Gasteiger partial charge in [0.15, 0.2) is 5.13 Å². The van der Waals surface area contributed by atoms with E-state index in [1.165, 1.54) is 24.1 Å². The van der Waals surface area contributed by atoms with Crippen molar-refractivity contribution in [3.8, 4) is 5.75 Å². The number of likely N-dealkylation sites (N-methyl/N-ethyl adjacent to an activating group) is 1. The summed E-state index contributed by atoms with van der Waals surface area (Å²) in [6.07, 6.45) is -4.78. The highest BCUT2D eigenvalue weighted by Gasteiger charge is 2.31. The van der Waals surface area contributed by atoms with E-state index in [2.05, 4.69) is 25.7 Å². The molecule has 8 nitrogen and oxygen atoms in total. The zero-order valence-corrected chi connectivity index (χ0v) is 15.6. The Hall–Kier alpha value is -2.44. The minimum atomic E-state index is -4.78. The van der Waals surface area contributed by atoms with Crippen molar-refractivity contribution in [2.75, 3.05) is 38.5 Å². The van der Waals surface area contributed by atoms with Gasteiger partial charge in [-0.2, -0.15) is 0 Å². The molecule has 0 spiro atoms. The van der Waals surface area contributed by atoms with Crippen LogP contribution < -0.4 is 20.7 Å². The van der Waals surface area contributed by atoms with Gasteiger partial charge < -0.3 is 25.6 Å². The van der Waals surface area contributed by atoms with Gasteiger partial charge in [0.1, 0.15) is 5.75 Å². The minimum absolute atomic E-state index is 0.171. The fourth-order valence-corrected chi connectivity index (χ4v) is 3.61. The van der Waals surface area contributed by atoms with Gasteiger partial charge in [-0.25, -0.2) is 4.98 Å². The van der Waals surface area contributed by atoms with Crippen LogP contribution in [0.3, 0.4) is 0 Å². The Morgan fingerprint density at radius 1 is 1.39 bits per heavy atom. The summed E-state index contributed by atoms with van der Waals surface area (Å²) in [6, 6.07) is 3.34. The molecule has 152 valence electrons. The molecule has 2 aromatic rings. The number of aromatic nitrogens is 1. The highest BCUT2D eigenvalue weighted by atomic mass is 32.1. The molecule has 0 unspecified atom stereocenters. The lowest BCUT2D eigenvalue weighted by molar-refractivity contribution is -0.274. The fraction of sp³-hybridized carbons (Fsp3) is 0.438. The molecule has 1 atom stereocenters. The number of halogens is 3. The van der Waals surface area contributed by atoms with Gasteiger partial charge in [-0.15, -0.1) is 13.2 Å². The highest BCUT2D eigenvalue weighted by Crippen LogP contribution is 2.31. The van der Waals surface area contributed by atoms with Crippen molar-refractivity contribution >= 4 is 38.5 Å². The van der Waals surface area contributed by atoms with Gasteiger partial charge in [0.2, 0.25) is 11.8 Å². The number of amides is 2. The van der Waals surface area contributed by atoms with E-state index < -0.39 is 12.3 Å². The Morgan fingerprint density at radius 2 is 2.18 bits per heavy atom. The number of nitrogens with one attached hydrogen (secondary N) is 3. The van der Waals surface area contributed by atoms with E-state index in [1.807, 2.05) is 0 Å². The second-order valence-electron chi connectivity index (χ2n) is 6.15. The number of hydrogen-bond acceptors (Lipinski definition) is 7. The highest BCUT2D eigenvalue weighted by molar-refractivity contribution is 7.22. The Labute approximate surface area is 162 Å². The third-order valence-electron chi connectivity index (χ3n) is 3.94. The number of thiazole rings is 1. The van der Waals surface area contributed by atoms with Crippen molar-refractivity contribution in [2.45, 2.75) is 12.4 Å². The first kappa shape index (κ1) is 20.3. The first-order chi connectivity index (χ1) is 13.2. The van der Waals surface area contributed by atoms with Crippen LogP contribution in [0.1, 0.15) is 0 Å². The normalized spacial score (nSPS) is 17.4. The monoisotopic (exact) mass is 417 g/mol. The predicted molar refractivity (Wildman–Crippen MR) is 97.2 cm³/mol. The number of nitrogens with zero attached hydrogens (tertiary/aromatic N) is 2. The summed E-state index contributed by atoms with van der Waals surface area (Å²) < 4.78 is 41.2. The number of benzene rings is 1. The number of alkyl halides is 3. The molecule has 1 aromatic carbocycles. The molecule has 3 N–H and O–H groups in total. The average molecular weight is 417 g/mol. The van der Waals surface area contributed by atoms with Crippen LogP contribution in [0.25, 0.3) is 10.2 Å². The van der Waals surface area contributed by atoms with Gasteiger partial charge in [0, 0.05) is 32.7 Å². The summed E-state index contributed by atoms with van der Waals surface area (Å²) in [7, 11) is 1.53. The fourth-order valence-electron chi connectivity index (χ4n) is 2.70. The molecule has 2 heterocycles. The zero-order valence-electron chi connectivity index (χ0n) is 14.8. The summed E-state index contributed by atoms with van der Waals surface area (Å²) >= 11 is 1.01. The van der Waals surface area contributed by atoms with Crippen LogP contribution in [0.15, 0.2) is 18.2 Å². The van der Waals surface area contributed by atoms with E-state index in [9.17, 15) is 22.8 Å². The van der Waals surface area contributed by atoms with Crippen LogP contribution in [0.4, 0.5) is 18.3 Å². The molecule has 1 saturated heterocycles. The van der Waals surface area contributed by atoms with Crippen LogP contribution in [0.5, 0.6) is 5.75 Å². The summed E-state index contributed by atoms with van der Waals surface area (Å²) in [6.45, 7) is 1.77. The number of hydrogen-bond donors (Lipinski definition) is 3. The Bertz CT molecular complexity index is 867. The van der Waals surface area contributed by atoms with Gasteiger partial charge in [-0.1, -0.05) is 11.3 Å². The first-order valence-electron chi connectivity index (χ1n) is 8.36. The van der Waals surface area contributed by atoms with Crippen LogP contribution in [0, 0.1) is 0 Å². The zero-order chi connectivity index (χ0) is 20.3. The van der Waals surface area contributed by atoms with E-state index in [0.29, 0.717) is 23.3 Å². The number of rotatable bonds is 5. The van der Waals surface area contributed by atoms with E-state index in [0.717, 1.165) is 23.9 Å². The third kappa shape index (κ3) is 5.30. The number of carbonyl (C=O) groups excluding carboxylic acids is 2. The molecule has 12 heteroatoms. The second-order valence-corrected chi connectivity index (χ2v) is 7.18. The summed E-state index contributed by atoms with van der Waals surface area (Å²) in [5.41, 5.74) is 0.428. The Morgan fingerprint density at radius 3 is 2.86 bits per heavy atom. The van der Waals surface area contributed by atoms with Crippen LogP contribution in [0.2, 0.25) is 0 Å². The molecule has 0 radical (unpaired) electrons. The molecular formula is C16H18F3N5O3S. The largest absolute Gasteiger partial charge is 0.573 e. The number of piperazine rings is 1. The molecular weight excluding hydrogens is 399 g/mol. The van der Waals surface area contributed by atoms with Crippen molar-refractivity contribution in [1.29, 1.82) is 0 Å². The van der Waals surface area contributed by atoms with Crippen molar-refractivity contribution in [3.63, 3.8) is 0 Å². The van der Waals surface area contributed by atoms with E-state index in [4.69, 9.17) is 0 Å². The van der Waals surface area contributed by atoms with Gasteiger partial charge in [-0.3, -0.25) is 9.59 Å². The van der Waals surface area contributed by atoms with Gasteiger partial charge in [0.05, 0.1) is 22.8 Å². The van der Waals surface area contributed by atoms with Crippen molar-refractivity contribution in [1.82, 2.24) is 20.5 Å². The molecule has 28 heavy (non-hydrogen) atoms. The SMILES string of the molecule is CN(CC(=O)Nc1nc2ccc(OC(F)(F)F)cc2s1)C(=O)[C@@H]1CNCCN1. The van der Waals surface area contributed by atoms with Gasteiger partial charge >= 0.3 is 6.36 Å². The molecule has 0 aliphatic carbocycles. The number of anilines is 1. The van der Waals surface area contributed by atoms with E-state index >= 15 is 0 Å². The van der Waals surface area contributed by atoms with E-state index in [1.54, 1.807) is 0 Å². The molecule has 1 fully saturated rings. The lowest BCUT2D eigenvalue weighted by Crippen LogP contribution is -2.56. The van der Waals surface area contributed by atoms with Crippen LogP contribution >= 0.6 is 11.3 Å². The standard InChI is InChI=1S/C16H18F3N5O3S/c1-24(14(26)11-7-20-4-5-21-11)8-13(25)23-15-22-10-3-2-9(6-12(10)28-15)27-16(17,18)19/h2-3,6,11,20-21H,4-5,7-8H2,1H3,(H,22,23,25)/t11-/m0/s1. The maximum absolute atomic E-state index is 12.3. The quantitative estimate of drug-likeness (QED) is 0.676. The molecule has 0 bridgehead atoms. The summed E-state index contributed by atoms with van der Waals surface area (Å²) in [4.78, 5) is 30.0. The molecule has 0 saturated carbocycles. The minimum Gasteiger partial charge on any atom is -0.406 e. The predicted octanol–water partition coefficient (Wildman–Crippen LogP) is 1.15. The molecule has 1 aliphatic rings. The number of fused-ring (bicyclic) bond motifs is 1. The summed E-state index contributed by atoms with van der Waals surface area (Å²) in [5.74, 6) is -1.02. The van der Waals surface area contributed by atoms with Gasteiger partial charge in [0.25, 0.3) is 0 Å². The Balaban J connectivity index is 1.60. The molecule has 1 aromatic heterocycles.